The summed E-state index contributed by atoms with van der Waals surface area (Å²) in [6, 6.07) is 13.5. The van der Waals surface area contributed by atoms with Crippen molar-refractivity contribution in [2.45, 2.75) is 39.2 Å². The van der Waals surface area contributed by atoms with E-state index in [2.05, 4.69) is 5.32 Å². The van der Waals surface area contributed by atoms with Crippen LogP contribution in [0.3, 0.4) is 0 Å². The molecule has 0 aromatic heterocycles. The van der Waals surface area contributed by atoms with Crippen LogP contribution in [0.2, 0.25) is 0 Å². The number of amides is 2. The van der Waals surface area contributed by atoms with E-state index in [4.69, 9.17) is 4.74 Å². The standard InChI is InChI=1S/C24H29FN2O3/c1-17(2)26-24(29)20-6-8-22(9-7-20)30-16-18-10-12-27(13-11-18)23(28)15-19-4-3-5-21(25)14-19/h3-9,14,17-18H,10-13,15-16H2,1-2H3,(H,26,29). The molecule has 0 radical (unpaired) electrons. The minimum atomic E-state index is -0.315. The van der Waals surface area contributed by atoms with Gasteiger partial charge in [0.2, 0.25) is 5.91 Å². The Bertz CT molecular complexity index is 859. The van der Waals surface area contributed by atoms with Crippen molar-refractivity contribution in [2.75, 3.05) is 19.7 Å². The Kier molecular flexibility index (Phi) is 7.44. The van der Waals surface area contributed by atoms with Gasteiger partial charge in [0, 0.05) is 24.7 Å². The van der Waals surface area contributed by atoms with E-state index in [0.717, 1.165) is 18.6 Å². The lowest BCUT2D eigenvalue weighted by atomic mass is 9.97. The average Bonchev–Trinajstić information content (AvgIpc) is 2.72. The minimum Gasteiger partial charge on any atom is -0.493 e. The first-order valence-electron chi connectivity index (χ1n) is 10.5. The van der Waals surface area contributed by atoms with Crippen LogP contribution < -0.4 is 10.1 Å². The summed E-state index contributed by atoms with van der Waals surface area (Å²) < 4.78 is 19.2. The maximum absolute atomic E-state index is 13.3. The zero-order valence-electron chi connectivity index (χ0n) is 17.6. The molecule has 0 unspecified atom stereocenters. The van der Waals surface area contributed by atoms with Gasteiger partial charge in [-0.05, 0) is 74.6 Å². The predicted octanol–water partition coefficient (Wildman–Crippen LogP) is 3.82. The van der Waals surface area contributed by atoms with Crippen LogP contribution in [-0.2, 0) is 11.2 Å². The quantitative estimate of drug-likeness (QED) is 0.752. The van der Waals surface area contributed by atoms with Crippen molar-refractivity contribution >= 4 is 11.8 Å². The molecule has 0 spiro atoms. The number of rotatable bonds is 7. The third kappa shape index (κ3) is 6.31. The zero-order chi connectivity index (χ0) is 21.5. The maximum atomic E-state index is 13.3. The van der Waals surface area contributed by atoms with E-state index in [9.17, 15) is 14.0 Å². The topological polar surface area (TPSA) is 58.6 Å². The maximum Gasteiger partial charge on any atom is 0.251 e. The van der Waals surface area contributed by atoms with Crippen molar-refractivity contribution in [1.29, 1.82) is 0 Å². The molecule has 3 rings (SSSR count). The molecule has 2 aromatic rings. The normalized spacial score (nSPS) is 14.6. The Morgan fingerprint density at radius 3 is 2.47 bits per heavy atom. The number of carbonyl (C=O) groups excluding carboxylic acids is 2. The van der Waals surface area contributed by atoms with E-state index >= 15 is 0 Å². The van der Waals surface area contributed by atoms with Crippen molar-refractivity contribution in [2.24, 2.45) is 5.92 Å². The highest BCUT2D eigenvalue weighted by Gasteiger charge is 2.23. The molecule has 2 amide bonds. The molecule has 160 valence electrons. The Labute approximate surface area is 177 Å². The minimum absolute atomic E-state index is 0.0373. The third-order valence-electron chi connectivity index (χ3n) is 5.23. The summed E-state index contributed by atoms with van der Waals surface area (Å²) in [5, 5.41) is 2.86. The molecule has 30 heavy (non-hydrogen) atoms. The molecule has 5 nitrogen and oxygen atoms in total. The molecule has 1 aliphatic heterocycles. The highest BCUT2D eigenvalue weighted by Crippen LogP contribution is 2.21. The molecule has 1 saturated heterocycles. The van der Waals surface area contributed by atoms with Crippen molar-refractivity contribution in [1.82, 2.24) is 10.2 Å². The van der Waals surface area contributed by atoms with Gasteiger partial charge in [-0.25, -0.2) is 4.39 Å². The molecule has 1 N–H and O–H groups in total. The molecule has 0 atom stereocenters. The lowest BCUT2D eigenvalue weighted by Crippen LogP contribution is -2.40. The molecule has 1 fully saturated rings. The van der Waals surface area contributed by atoms with Gasteiger partial charge in [0.25, 0.3) is 5.91 Å². The van der Waals surface area contributed by atoms with E-state index in [1.807, 2.05) is 30.9 Å². The summed E-state index contributed by atoms with van der Waals surface area (Å²) in [5.74, 6) is 0.750. The van der Waals surface area contributed by atoms with Crippen LogP contribution in [0, 0.1) is 11.7 Å². The van der Waals surface area contributed by atoms with Gasteiger partial charge < -0.3 is 15.0 Å². The number of benzene rings is 2. The lowest BCUT2D eigenvalue weighted by molar-refractivity contribution is -0.132. The number of nitrogens with one attached hydrogen (secondary N) is 1. The smallest absolute Gasteiger partial charge is 0.251 e. The monoisotopic (exact) mass is 412 g/mol. The lowest BCUT2D eigenvalue weighted by Gasteiger charge is -2.32. The number of likely N-dealkylation sites (tertiary alicyclic amines) is 1. The number of piperidine rings is 1. The SMILES string of the molecule is CC(C)NC(=O)c1ccc(OCC2CCN(C(=O)Cc3cccc(F)c3)CC2)cc1. The molecule has 6 heteroatoms. The van der Waals surface area contributed by atoms with E-state index in [1.54, 1.807) is 24.3 Å². The van der Waals surface area contributed by atoms with Gasteiger partial charge in [-0.3, -0.25) is 9.59 Å². The molecule has 0 bridgehead atoms. The van der Waals surface area contributed by atoms with Gasteiger partial charge >= 0.3 is 0 Å². The van der Waals surface area contributed by atoms with Crippen LogP contribution in [0.1, 0.15) is 42.6 Å². The fraction of sp³-hybridized carbons (Fsp3) is 0.417. The first kappa shape index (κ1) is 21.8. The Hall–Kier alpha value is -2.89. The van der Waals surface area contributed by atoms with Gasteiger partial charge in [-0.2, -0.15) is 0 Å². The van der Waals surface area contributed by atoms with Crippen LogP contribution in [0.15, 0.2) is 48.5 Å². The van der Waals surface area contributed by atoms with Gasteiger partial charge in [-0.1, -0.05) is 12.1 Å². The summed E-state index contributed by atoms with van der Waals surface area (Å²) in [7, 11) is 0. The molecule has 1 heterocycles. The molecule has 0 aliphatic carbocycles. The number of carbonyl (C=O) groups is 2. The fourth-order valence-electron chi connectivity index (χ4n) is 3.54. The zero-order valence-corrected chi connectivity index (χ0v) is 17.6. The number of halogens is 1. The van der Waals surface area contributed by atoms with E-state index in [0.29, 0.717) is 36.7 Å². The summed E-state index contributed by atoms with van der Waals surface area (Å²) in [4.78, 5) is 26.3. The average molecular weight is 413 g/mol. The number of nitrogens with zero attached hydrogens (tertiary/aromatic N) is 1. The molecule has 0 saturated carbocycles. The van der Waals surface area contributed by atoms with E-state index < -0.39 is 0 Å². The predicted molar refractivity (Wildman–Crippen MR) is 114 cm³/mol. The highest BCUT2D eigenvalue weighted by molar-refractivity contribution is 5.94. The van der Waals surface area contributed by atoms with Gasteiger partial charge in [0.1, 0.15) is 11.6 Å². The summed E-state index contributed by atoms with van der Waals surface area (Å²) >= 11 is 0. The highest BCUT2D eigenvalue weighted by atomic mass is 19.1. The fourth-order valence-corrected chi connectivity index (χ4v) is 3.54. The van der Waals surface area contributed by atoms with Crippen LogP contribution in [-0.4, -0.2) is 42.5 Å². The van der Waals surface area contributed by atoms with Gasteiger partial charge in [0.15, 0.2) is 0 Å². The second-order valence-corrected chi connectivity index (χ2v) is 8.09. The second-order valence-electron chi connectivity index (χ2n) is 8.09. The van der Waals surface area contributed by atoms with E-state index in [-0.39, 0.29) is 30.1 Å². The summed E-state index contributed by atoms with van der Waals surface area (Å²) in [5.41, 5.74) is 1.32. The number of ether oxygens (including phenoxy) is 1. The van der Waals surface area contributed by atoms with Crippen LogP contribution in [0.4, 0.5) is 4.39 Å². The van der Waals surface area contributed by atoms with E-state index in [1.165, 1.54) is 12.1 Å². The number of hydrogen-bond acceptors (Lipinski definition) is 3. The Morgan fingerprint density at radius 2 is 1.83 bits per heavy atom. The van der Waals surface area contributed by atoms with Crippen molar-refractivity contribution in [3.05, 3.63) is 65.5 Å². The van der Waals surface area contributed by atoms with Gasteiger partial charge in [-0.15, -0.1) is 0 Å². The molecule has 1 aliphatic rings. The Balaban J connectivity index is 1.41. The molecular weight excluding hydrogens is 383 g/mol. The molecular formula is C24H29FN2O3. The first-order chi connectivity index (χ1) is 14.4. The first-order valence-corrected chi connectivity index (χ1v) is 10.5. The summed E-state index contributed by atoms with van der Waals surface area (Å²) in [6.07, 6.45) is 1.99. The van der Waals surface area contributed by atoms with Crippen LogP contribution in [0.25, 0.3) is 0 Å². The Morgan fingerprint density at radius 1 is 1.13 bits per heavy atom. The number of hydrogen-bond donors (Lipinski definition) is 1. The van der Waals surface area contributed by atoms with Crippen LogP contribution in [0.5, 0.6) is 5.75 Å². The van der Waals surface area contributed by atoms with Gasteiger partial charge in [0.05, 0.1) is 13.0 Å². The summed E-state index contributed by atoms with van der Waals surface area (Å²) in [6.45, 7) is 5.82. The van der Waals surface area contributed by atoms with Crippen molar-refractivity contribution < 1.29 is 18.7 Å². The van der Waals surface area contributed by atoms with Crippen molar-refractivity contribution in [3.8, 4) is 5.75 Å². The third-order valence-corrected chi connectivity index (χ3v) is 5.23. The largest absolute Gasteiger partial charge is 0.493 e. The van der Waals surface area contributed by atoms with Crippen molar-refractivity contribution in [3.63, 3.8) is 0 Å². The molecule has 2 aromatic carbocycles. The van der Waals surface area contributed by atoms with Crippen LogP contribution >= 0.6 is 0 Å². The second kappa shape index (κ2) is 10.2.